The number of nitrogens with zero attached hydrogens (tertiary/aromatic N) is 2. The van der Waals surface area contributed by atoms with Gasteiger partial charge in [-0.2, -0.15) is 0 Å². The highest BCUT2D eigenvalue weighted by Gasteiger charge is 2.12. The van der Waals surface area contributed by atoms with Crippen molar-refractivity contribution in [2.45, 2.75) is 6.92 Å². The average molecular weight is 350 g/mol. The van der Waals surface area contributed by atoms with Crippen molar-refractivity contribution in [3.8, 4) is 0 Å². The van der Waals surface area contributed by atoms with E-state index < -0.39 is 11.6 Å². The lowest BCUT2D eigenvalue weighted by molar-refractivity contribution is 0.511. The molecule has 0 spiro atoms. The second kappa shape index (κ2) is 6.22. The highest BCUT2D eigenvalue weighted by molar-refractivity contribution is 6.11. The van der Waals surface area contributed by atoms with Gasteiger partial charge in [0.1, 0.15) is 0 Å². The molecule has 0 aliphatic carbocycles. The number of hydrogen-bond donors (Lipinski definition) is 2. The molecule has 4 nitrogen and oxygen atoms in total. The van der Waals surface area contributed by atoms with Crippen LogP contribution in [-0.2, 0) is 0 Å². The fraction of sp³-hybridized carbons (Fsp3) is 0.100. The zero-order valence-corrected chi connectivity index (χ0v) is 14.1. The Labute approximate surface area is 149 Å². The van der Waals surface area contributed by atoms with E-state index in [1.807, 2.05) is 31.2 Å². The largest absolute Gasteiger partial charge is 0.359 e. The van der Waals surface area contributed by atoms with Crippen LogP contribution in [0.4, 0.5) is 14.5 Å². The van der Waals surface area contributed by atoms with E-state index in [-0.39, 0.29) is 0 Å². The van der Waals surface area contributed by atoms with Crippen molar-refractivity contribution in [3.05, 3.63) is 71.9 Å². The van der Waals surface area contributed by atoms with Gasteiger partial charge in [0.05, 0.1) is 17.7 Å². The Kier molecular flexibility index (Phi) is 3.88. The predicted molar refractivity (Wildman–Crippen MR) is 102 cm³/mol. The quantitative estimate of drug-likeness (QED) is 0.701. The van der Waals surface area contributed by atoms with Crippen molar-refractivity contribution in [1.29, 1.82) is 0 Å². The highest BCUT2D eigenvalue weighted by Crippen LogP contribution is 2.28. The Morgan fingerprint density at radius 1 is 1.19 bits per heavy atom. The topological polar surface area (TPSA) is 52.5 Å². The molecule has 1 aromatic heterocycles. The first-order valence-electron chi connectivity index (χ1n) is 8.13. The molecule has 2 heterocycles. The van der Waals surface area contributed by atoms with Crippen molar-refractivity contribution in [3.63, 3.8) is 0 Å². The van der Waals surface area contributed by atoms with Gasteiger partial charge in [0.2, 0.25) is 0 Å². The van der Waals surface area contributed by atoms with E-state index >= 15 is 0 Å². The van der Waals surface area contributed by atoms with Gasteiger partial charge in [0.25, 0.3) is 0 Å². The third kappa shape index (κ3) is 2.90. The molecule has 3 aromatic rings. The molecule has 130 valence electrons. The van der Waals surface area contributed by atoms with Crippen LogP contribution in [0.1, 0.15) is 18.1 Å². The summed E-state index contributed by atoms with van der Waals surface area (Å²) in [5.74, 6) is -1.06. The number of hydrogen-bond acceptors (Lipinski definition) is 3. The summed E-state index contributed by atoms with van der Waals surface area (Å²) in [6, 6.07) is 10.0. The van der Waals surface area contributed by atoms with Crippen LogP contribution in [0.3, 0.4) is 0 Å². The van der Waals surface area contributed by atoms with E-state index in [4.69, 9.17) is 0 Å². The lowest BCUT2D eigenvalue weighted by Crippen LogP contribution is -2.00. The van der Waals surface area contributed by atoms with Gasteiger partial charge in [0, 0.05) is 34.6 Å². The van der Waals surface area contributed by atoms with Gasteiger partial charge in [-0.25, -0.2) is 13.8 Å². The third-order valence-corrected chi connectivity index (χ3v) is 4.23. The number of H-pyrrole nitrogens is 1. The normalized spacial score (nSPS) is 13.7. The summed E-state index contributed by atoms with van der Waals surface area (Å²) in [4.78, 5) is 11.8. The fourth-order valence-corrected chi connectivity index (χ4v) is 2.90. The predicted octanol–water partition coefficient (Wildman–Crippen LogP) is 4.75. The molecule has 0 radical (unpaired) electrons. The SMILES string of the molecule is C=C(Nc1c[nH]c2cc(F)c(F)cc12)c1cccc(C2=NCC(C)=N2)c1. The molecule has 0 fully saturated rings. The number of fused-ring (bicyclic) bond motifs is 1. The van der Waals surface area contributed by atoms with Gasteiger partial charge in [-0.05, 0) is 24.6 Å². The van der Waals surface area contributed by atoms with Gasteiger partial charge >= 0.3 is 0 Å². The molecule has 0 atom stereocenters. The molecule has 0 saturated heterocycles. The molecular weight excluding hydrogens is 334 g/mol. The standard InChI is InChI=1S/C20H16F2N4/c1-11-9-24-20(25-11)14-5-3-4-13(6-14)12(2)26-19-10-23-18-8-17(22)16(21)7-15(18)19/h3-8,10,23,26H,2,9H2,1H3. The second-order valence-corrected chi connectivity index (χ2v) is 6.19. The van der Waals surface area contributed by atoms with Crippen molar-refractivity contribution in [1.82, 2.24) is 4.98 Å². The van der Waals surface area contributed by atoms with Gasteiger partial charge in [-0.3, -0.25) is 4.99 Å². The van der Waals surface area contributed by atoms with Crippen LogP contribution in [0.5, 0.6) is 0 Å². The first-order chi connectivity index (χ1) is 12.5. The summed E-state index contributed by atoms with van der Waals surface area (Å²) in [5, 5.41) is 3.72. The molecule has 6 heteroatoms. The van der Waals surface area contributed by atoms with E-state index in [1.54, 1.807) is 6.20 Å². The fourth-order valence-electron chi connectivity index (χ4n) is 2.90. The summed E-state index contributed by atoms with van der Waals surface area (Å²) >= 11 is 0. The molecule has 2 N–H and O–H groups in total. The van der Waals surface area contributed by atoms with Gasteiger partial charge < -0.3 is 10.3 Å². The van der Waals surface area contributed by atoms with Gasteiger partial charge in [0.15, 0.2) is 17.5 Å². The summed E-state index contributed by atoms with van der Waals surface area (Å²) < 4.78 is 26.9. The number of aromatic nitrogens is 1. The summed E-state index contributed by atoms with van der Waals surface area (Å²) in [6.45, 7) is 6.63. The summed E-state index contributed by atoms with van der Waals surface area (Å²) in [5.41, 5.74) is 4.53. The van der Waals surface area contributed by atoms with Crippen molar-refractivity contribution in [2.24, 2.45) is 9.98 Å². The van der Waals surface area contributed by atoms with Crippen LogP contribution in [-0.4, -0.2) is 23.1 Å². The Bertz CT molecular complexity index is 1090. The number of anilines is 1. The number of aromatic amines is 1. The van der Waals surface area contributed by atoms with Crippen LogP contribution in [0.25, 0.3) is 16.6 Å². The number of halogens is 2. The third-order valence-electron chi connectivity index (χ3n) is 4.23. The van der Waals surface area contributed by atoms with E-state index in [1.165, 1.54) is 0 Å². The molecule has 0 amide bonds. The Hall–Kier alpha value is -3.28. The summed E-state index contributed by atoms with van der Waals surface area (Å²) in [7, 11) is 0. The number of rotatable bonds is 4. The van der Waals surface area contributed by atoms with Crippen LogP contribution in [0.15, 0.2) is 59.2 Å². The van der Waals surface area contributed by atoms with Crippen molar-refractivity contribution >= 4 is 33.8 Å². The monoisotopic (exact) mass is 350 g/mol. The molecule has 1 aliphatic heterocycles. The zero-order chi connectivity index (χ0) is 18.3. The van der Waals surface area contributed by atoms with Gasteiger partial charge in [-0.15, -0.1) is 0 Å². The number of benzene rings is 2. The molecule has 0 unspecified atom stereocenters. The van der Waals surface area contributed by atoms with E-state index in [0.717, 1.165) is 29.0 Å². The maximum atomic E-state index is 13.6. The first kappa shape index (κ1) is 16.2. The van der Waals surface area contributed by atoms with Crippen LogP contribution < -0.4 is 5.32 Å². The summed E-state index contributed by atoms with van der Waals surface area (Å²) in [6.07, 6.45) is 1.66. The minimum Gasteiger partial charge on any atom is -0.359 e. The first-order valence-corrected chi connectivity index (χ1v) is 8.13. The maximum absolute atomic E-state index is 13.6. The molecule has 2 aromatic carbocycles. The second-order valence-electron chi connectivity index (χ2n) is 6.19. The molecular formula is C20H16F2N4. The molecule has 1 aliphatic rings. The van der Waals surface area contributed by atoms with E-state index in [0.29, 0.717) is 34.7 Å². The Morgan fingerprint density at radius 3 is 2.77 bits per heavy atom. The minimum atomic E-state index is -0.889. The molecule has 4 rings (SSSR count). The van der Waals surface area contributed by atoms with Crippen molar-refractivity contribution < 1.29 is 8.78 Å². The van der Waals surface area contributed by atoms with Crippen LogP contribution in [0, 0.1) is 11.6 Å². The smallest absolute Gasteiger partial charge is 0.160 e. The molecule has 0 saturated carbocycles. The van der Waals surface area contributed by atoms with Gasteiger partial charge in [-0.1, -0.05) is 24.8 Å². The highest BCUT2D eigenvalue weighted by atomic mass is 19.2. The zero-order valence-electron chi connectivity index (χ0n) is 14.1. The number of aliphatic imine (C=N–C) groups is 2. The lowest BCUT2D eigenvalue weighted by Gasteiger charge is -2.10. The lowest BCUT2D eigenvalue weighted by atomic mass is 10.1. The minimum absolute atomic E-state index is 0.512. The Balaban J connectivity index is 1.62. The van der Waals surface area contributed by atoms with Crippen LogP contribution >= 0.6 is 0 Å². The molecule has 0 bridgehead atoms. The van der Waals surface area contributed by atoms with E-state index in [9.17, 15) is 8.78 Å². The average Bonchev–Trinajstić information content (AvgIpc) is 3.22. The van der Waals surface area contributed by atoms with Crippen LogP contribution in [0.2, 0.25) is 0 Å². The molecule has 26 heavy (non-hydrogen) atoms. The van der Waals surface area contributed by atoms with Crippen molar-refractivity contribution in [2.75, 3.05) is 11.9 Å². The van der Waals surface area contributed by atoms with E-state index in [2.05, 4.69) is 26.9 Å². The number of nitrogens with one attached hydrogen (secondary N) is 2. The maximum Gasteiger partial charge on any atom is 0.160 e. The number of amidine groups is 1. The Morgan fingerprint density at radius 2 is 2.00 bits per heavy atom.